The number of rotatable bonds is 3. The molecule has 150 valence electrons. The fourth-order valence-electron chi connectivity index (χ4n) is 3.10. The zero-order valence-electron chi connectivity index (χ0n) is 15.9. The highest BCUT2D eigenvalue weighted by Gasteiger charge is 2.15. The Kier molecular flexibility index (Phi) is 4.67. The molecule has 0 aliphatic carbocycles. The van der Waals surface area contributed by atoms with Crippen LogP contribution in [0.2, 0.25) is 0 Å². The molecule has 4 rings (SSSR count). The summed E-state index contributed by atoms with van der Waals surface area (Å²) in [5.41, 5.74) is -0.510. The van der Waals surface area contributed by atoms with Gasteiger partial charge < -0.3 is 18.3 Å². The van der Waals surface area contributed by atoms with E-state index in [9.17, 15) is 19.2 Å². The molecule has 30 heavy (non-hydrogen) atoms. The van der Waals surface area contributed by atoms with Crippen LogP contribution in [0.5, 0.6) is 11.5 Å². The van der Waals surface area contributed by atoms with Gasteiger partial charge in [-0.1, -0.05) is 0 Å². The molecule has 2 aromatic heterocycles. The Balaban J connectivity index is 1.89. The molecule has 0 fully saturated rings. The highest BCUT2D eigenvalue weighted by molar-refractivity contribution is 5.95. The number of fused-ring (bicyclic) bond motifs is 2. The summed E-state index contributed by atoms with van der Waals surface area (Å²) < 4.78 is 20.6. The van der Waals surface area contributed by atoms with E-state index in [0.29, 0.717) is 16.3 Å². The summed E-state index contributed by atoms with van der Waals surface area (Å²) in [6.07, 6.45) is 0. The number of benzene rings is 2. The molecule has 0 radical (unpaired) electrons. The van der Waals surface area contributed by atoms with Crippen LogP contribution in [0.3, 0.4) is 0 Å². The molecule has 0 bridgehead atoms. The molecular weight excluding hydrogens is 392 g/mol. The first kappa shape index (κ1) is 19.1. The summed E-state index contributed by atoms with van der Waals surface area (Å²) in [5.74, 6) is -0.561. The van der Waals surface area contributed by atoms with E-state index in [2.05, 4.69) is 0 Å². The number of hydrogen-bond acceptors (Lipinski definition) is 8. The van der Waals surface area contributed by atoms with Crippen molar-refractivity contribution in [1.82, 2.24) is 0 Å². The standard InChI is InChI=1S/C22H14O8/c1-11(23)27-14-4-3-13-7-18(22(26)30-19(13)8-14)17-10-21(25)29-20-9-15(28-12(2)24)5-6-16(17)20/h3-10H,1-2H3. The van der Waals surface area contributed by atoms with Gasteiger partial charge in [0.05, 0.1) is 5.56 Å². The van der Waals surface area contributed by atoms with Gasteiger partial charge in [0.2, 0.25) is 0 Å². The number of hydrogen-bond donors (Lipinski definition) is 0. The second-order valence-corrected chi connectivity index (χ2v) is 6.47. The predicted octanol–water partition coefficient (Wildman–Crippen LogP) is 3.42. The third kappa shape index (κ3) is 3.70. The maximum atomic E-state index is 12.7. The lowest BCUT2D eigenvalue weighted by atomic mass is 10.0. The van der Waals surface area contributed by atoms with Crippen molar-refractivity contribution in [3.8, 4) is 22.6 Å². The van der Waals surface area contributed by atoms with Gasteiger partial charge in [0, 0.05) is 48.4 Å². The minimum Gasteiger partial charge on any atom is -0.427 e. The van der Waals surface area contributed by atoms with Crippen molar-refractivity contribution in [3.05, 3.63) is 69.4 Å². The zero-order valence-corrected chi connectivity index (χ0v) is 15.9. The van der Waals surface area contributed by atoms with Gasteiger partial charge in [0.15, 0.2) is 0 Å². The van der Waals surface area contributed by atoms with Gasteiger partial charge >= 0.3 is 23.2 Å². The number of carbonyl (C=O) groups excluding carboxylic acids is 2. The second-order valence-electron chi connectivity index (χ2n) is 6.47. The van der Waals surface area contributed by atoms with Crippen LogP contribution in [0.25, 0.3) is 33.1 Å². The average molecular weight is 406 g/mol. The molecule has 2 aromatic carbocycles. The SMILES string of the molecule is CC(=O)Oc1ccc2cc(-c3cc(=O)oc4cc(OC(C)=O)ccc34)c(=O)oc2c1. The van der Waals surface area contributed by atoms with E-state index in [4.69, 9.17) is 18.3 Å². The molecule has 0 spiro atoms. The fourth-order valence-corrected chi connectivity index (χ4v) is 3.10. The van der Waals surface area contributed by atoms with Crippen LogP contribution in [0.1, 0.15) is 13.8 Å². The number of ether oxygens (including phenoxy) is 2. The van der Waals surface area contributed by atoms with Crippen molar-refractivity contribution >= 4 is 33.9 Å². The van der Waals surface area contributed by atoms with E-state index >= 15 is 0 Å². The van der Waals surface area contributed by atoms with Crippen LogP contribution in [0.15, 0.2) is 67.0 Å². The molecule has 4 aromatic rings. The van der Waals surface area contributed by atoms with Gasteiger partial charge in [-0.3, -0.25) is 9.59 Å². The smallest absolute Gasteiger partial charge is 0.344 e. The lowest BCUT2D eigenvalue weighted by Gasteiger charge is -2.08. The lowest BCUT2D eigenvalue weighted by molar-refractivity contribution is -0.132. The van der Waals surface area contributed by atoms with Gasteiger partial charge in [-0.05, 0) is 30.3 Å². The molecule has 0 saturated carbocycles. The predicted molar refractivity (Wildman–Crippen MR) is 107 cm³/mol. The van der Waals surface area contributed by atoms with Gasteiger partial charge in [-0.2, -0.15) is 0 Å². The Hall–Kier alpha value is -4.20. The van der Waals surface area contributed by atoms with Gasteiger partial charge in [0.1, 0.15) is 22.7 Å². The van der Waals surface area contributed by atoms with Crippen LogP contribution >= 0.6 is 0 Å². The molecule has 0 atom stereocenters. The van der Waals surface area contributed by atoms with Crippen LogP contribution in [-0.4, -0.2) is 11.9 Å². The first-order valence-electron chi connectivity index (χ1n) is 8.83. The van der Waals surface area contributed by atoms with Crippen molar-refractivity contribution in [2.24, 2.45) is 0 Å². The van der Waals surface area contributed by atoms with E-state index in [1.807, 2.05) is 0 Å². The Morgan fingerprint density at radius 1 is 0.733 bits per heavy atom. The van der Waals surface area contributed by atoms with Crippen molar-refractivity contribution in [2.45, 2.75) is 13.8 Å². The van der Waals surface area contributed by atoms with E-state index < -0.39 is 23.2 Å². The van der Waals surface area contributed by atoms with Crippen LogP contribution in [-0.2, 0) is 9.59 Å². The van der Waals surface area contributed by atoms with E-state index in [1.165, 1.54) is 38.1 Å². The number of esters is 2. The Bertz CT molecular complexity index is 1440. The summed E-state index contributed by atoms with van der Waals surface area (Å²) in [6.45, 7) is 2.52. The van der Waals surface area contributed by atoms with E-state index in [0.717, 1.165) is 0 Å². The Labute approximate surface area is 168 Å². The monoisotopic (exact) mass is 406 g/mol. The highest BCUT2D eigenvalue weighted by Crippen LogP contribution is 2.30. The molecule has 2 heterocycles. The van der Waals surface area contributed by atoms with E-state index in [-0.39, 0.29) is 28.2 Å². The average Bonchev–Trinajstić information content (AvgIpc) is 2.65. The van der Waals surface area contributed by atoms with Crippen LogP contribution in [0.4, 0.5) is 0 Å². The minimum absolute atomic E-state index is 0.154. The maximum absolute atomic E-state index is 12.7. The van der Waals surface area contributed by atoms with E-state index in [1.54, 1.807) is 24.3 Å². The fraction of sp³-hybridized carbons (Fsp3) is 0.0909. The third-order valence-corrected chi connectivity index (χ3v) is 4.24. The molecular formula is C22H14O8. The van der Waals surface area contributed by atoms with Crippen molar-refractivity contribution in [3.63, 3.8) is 0 Å². The summed E-state index contributed by atoms with van der Waals surface area (Å²) in [5, 5.41) is 1.03. The molecule has 0 unspecified atom stereocenters. The first-order chi connectivity index (χ1) is 14.3. The molecule has 0 saturated heterocycles. The first-order valence-corrected chi connectivity index (χ1v) is 8.83. The van der Waals surface area contributed by atoms with Crippen molar-refractivity contribution < 1.29 is 27.9 Å². The quantitative estimate of drug-likeness (QED) is 0.289. The topological polar surface area (TPSA) is 113 Å². The summed E-state index contributed by atoms with van der Waals surface area (Å²) in [4.78, 5) is 47.0. The van der Waals surface area contributed by atoms with Crippen LogP contribution < -0.4 is 20.7 Å². The van der Waals surface area contributed by atoms with Gasteiger partial charge in [-0.25, -0.2) is 9.59 Å². The highest BCUT2D eigenvalue weighted by atomic mass is 16.5. The molecule has 8 heteroatoms. The van der Waals surface area contributed by atoms with Gasteiger partial charge in [-0.15, -0.1) is 0 Å². The Morgan fingerprint density at radius 3 is 2.03 bits per heavy atom. The molecule has 8 nitrogen and oxygen atoms in total. The van der Waals surface area contributed by atoms with Crippen LogP contribution in [0, 0.1) is 0 Å². The second kappa shape index (κ2) is 7.32. The van der Waals surface area contributed by atoms with Gasteiger partial charge in [0.25, 0.3) is 0 Å². The normalized spacial score (nSPS) is 10.9. The largest absolute Gasteiger partial charge is 0.427 e. The van der Waals surface area contributed by atoms with Crippen molar-refractivity contribution in [1.29, 1.82) is 0 Å². The summed E-state index contributed by atoms with van der Waals surface area (Å²) >= 11 is 0. The molecule has 0 amide bonds. The van der Waals surface area contributed by atoms with Crippen molar-refractivity contribution in [2.75, 3.05) is 0 Å². The molecule has 0 aliphatic heterocycles. The number of carbonyl (C=O) groups is 2. The molecule has 0 N–H and O–H groups in total. The minimum atomic E-state index is -0.682. The summed E-state index contributed by atoms with van der Waals surface area (Å²) in [6, 6.07) is 11.9. The molecule has 0 aliphatic rings. The maximum Gasteiger partial charge on any atom is 0.344 e. The zero-order chi connectivity index (χ0) is 21.4. The Morgan fingerprint density at radius 2 is 1.37 bits per heavy atom. The third-order valence-electron chi connectivity index (χ3n) is 4.24. The lowest BCUT2D eigenvalue weighted by Crippen LogP contribution is -2.07. The summed E-state index contributed by atoms with van der Waals surface area (Å²) in [7, 11) is 0.